The lowest BCUT2D eigenvalue weighted by Gasteiger charge is -2.23. The molecule has 1 aliphatic carbocycles. The Morgan fingerprint density at radius 3 is 2.29 bits per heavy atom. The Hall–Kier alpha value is -0.590. The van der Waals surface area contributed by atoms with Gasteiger partial charge in [-0.2, -0.15) is 5.26 Å². The van der Waals surface area contributed by atoms with Gasteiger partial charge in [-0.05, 0) is 39.4 Å². The van der Waals surface area contributed by atoms with E-state index in [1.807, 2.05) is 0 Å². The Morgan fingerprint density at radius 2 is 1.86 bits per heavy atom. The lowest BCUT2D eigenvalue weighted by atomic mass is 10.0. The summed E-state index contributed by atoms with van der Waals surface area (Å²) in [5, 5.41) is 8.70. The SMILES string of the molecule is CN(C)CCN(C)CC1(CC#N)CC1. The maximum Gasteiger partial charge on any atom is 0.0628 e. The van der Waals surface area contributed by atoms with Crippen LogP contribution < -0.4 is 0 Å². The van der Waals surface area contributed by atoms with Crippen molar-refractivity contribution in [1.82, 2.24) is 9.80 Å². The molecule has 1 rings (SSSR count). The molecule has 0 aromatic heterocycles. The topological polar surface area (TPSA) is 30.3 Å². The first-order chi connectivity index (χ1) is 6.58. The highest BCUT2D eigenvalue weighted by atomic mass is 15.2. The molecule has 3 nitrogen and oxygen atoms in total. The van der Waals surface area contributed by atoms with Gasteiger partial charge in [0.2, 0.25) is 0 Å². The molecule has 0 aliphatic heterocycles. The molecule has 0 spiro atoms. The molecular formula is C11H21N3. The van der Waals surface area contributed by atoms with Gasteiger partial charge in [0.05, 0.1) is 6.07 Å². The fourth-order valence-electron chi connectivity index (χ4n) is 1.76. The Labute approximate surface area is 87.3 Å². The molecule has 0 atom stereocenters. The van der Waals surface area contributed by atoms with E-state index in [9.17, 15) is 0 Å². The molecule has 1 aliphatic rings. The zero-order valence-corrected chi connectivity index (χ0v) is 9.58. The van der Waals surface area contributed by atoms with Crippen molar-refractivity contribution in [1.29, 1.82) is 5.26 Å². The van der Waals surface area contributed by atoms with Crippen molar-refractivity contribution < 1.29 is 0 Å². The van der Waals surface area contributed by atoms with Crippen LogP contribution in [0.4, 0.5) is 0 Å². The van der Waals surface area contributed by atoms with E-state index in [-0.39, 0.29) is 0 Å². The summed E-state index contributed by atoms with van der Waals surface area (Å²) in [4.78, 5) is 4.55. The molecule has 0 aromatic rings. The highest BCUT2D eigenvalue weighted by Gasteiger charge is 2.42. The monoisotopic (exact) mass is 195 g/mol. The van der Waals surface area contributed by atoms with E-state index < -0.39 is 0 Å². The molecule has 0 radical (unpaired) electrons. The van der Waals surface area contributed by atoms with Gasteiger partial charge in [0.15, 0.2) is 0 Å². The van der Waals surface area contributed by atoms with Crippen LogP contribution in [0.2, 0.25) is 0 Å². The third-order valence-electron chi connectivity index (χ3n) is 2.95. The van der Waals surface area contributed by atoms with Crippen molar-refractivity contribution in [3.63, 3.8) is 0 Å². The van der Waals surface area contributed by atoms with Crippen LogP contribution in [0.5, 0.6) is 0 Å². The lowest BCUT2D eigenvalue weighted by molar-refractivity contribution is 0.237. The van der Waals surface area contributed by atoms with E-state index in [1.165, 1.54) is 12.8 Å². The number of likely N-dealkylation sites (N-methyl/N-ethyl adjacent to an activating group) is 2. The number of nitriles is 1. The molecular weight excluding hydrogens is 174 g/mol. The molecule has 1 saturated carbocycles. The highest BCUT2D eigenvalue weighted by molar-refractivity contribution is 5.00. The maximum absolute atomic E-state index is 8.70. The number of hydrogen-bond acceptors (Lipinski definition) is 3. The second-order valence-corrected chi connectivity index (χ2v) is 4.88. The minimum Gasteiger partial charge on any atom is -0.308 e. The molecule has 0 bridgehead atoms. The summed E-state index contributed by atoms with van der Waals surface area (Å²) in [5.41, 5.74) is 0.357. The van der Waals surface area contributed by atoms with Gasteiger partial charge in [0.1, 0.15) is 0 Å². The van der Waals surface area contributed by atoms with E-state index in [2.05, 4.69) is 37.0 Å². The van der Waals surface area contributed by atoms with Crippen LogP contribution in [0.25, 0.3) is 0 Å². The van der Waals surface area contributed by atoms with Crippen molar-refractivity contribution in [2.24, 2.45) is 5.41 Å². The van der Waals surface area contributed by atoms with Crippen LogP contribution in [-0.2, 0) is 0 Å². The van der Waals surface area contributed by atoms with Crippen molar-refractivity contribution in [3.8, 4) is 6.07 Å². The molecule has 3 heteroatoms. The van der Waals surface area contributed by atoms with Crippen LogP contribution >= 0.6 is 0 Å². The summed E-state index contributed by atoms with van der Waals surface area (Å²) >= 11 is 0. The molecule has 0 saturated heterocycles. The average Bonchev–Trinajstić information content (AvgIpc) is 2.82. The summed E-state index contributed by atoms with van der Waals surface area (Å²) in [6, 6.07) is 2.30. The summed E-state index contributed by atoms with van der Waals surface area (Å²) in [6.45, 7) is 3.29. The fourth-order valence-corrected chi connectivity index (χ4v) is 1.76. The van der Waals surface area contributed by atoms with Gasteiger partial charge in [0, 0.05) is 26.1 Å². The summed E-state index contributed by atoms with van der Waals surface area (Å²) in [6.07, 6.45) is 3.22. The van der Waals surface area contributed by atoms with Gasteiger partial charge >= 0.3 is 0 Å². The molecule has 0 N–H and O–H groups in total. The van der Waals surface area contributed by atoms with E-state index in [4.69, 9.17) is 5.26 Å². The van der Waals surface area contributed by atoms with Crippen LogP contribution in [-0.4, -0.2) is 50.6 Å². The second kappa shape index (κ2) is 4.77. The predicted molar refractivity (Wildman–Crippen MR) is 57.9 cm³/mol. The third kappa shape index (κ3) is 3.65. The largest absolute Gasteiger partial charge is 0.308 e. The third-order valence-corrected chi connectivity index (χ3v) is 2.95. The first kappa shape index (κ1) is 11.5. The number of hydrogen-bond donors (Lipinski definition) is 0. The lowest BCUT2D eigenvalue weighted by Crippen LogP contribution is -2.33. The molecule has 80 valence electrons. The van der Waals surface area contributed by atoms with Gasteiger partial charge in [-0.25, -0.2) is 0 Å². The van der Waals surface area contributed by atoms with E-state index >= 15 is 0 Å². The van der Waals surface area contributed by atoms with Crippen molar-refractivity contribution in [2.75, 3.05) is 40.8 Å². The molecule has 0 amide bonds. The number of rotatable bonds is 6. The minimum atomic E-state index is 0.357. The van der Waals surface area contributed by atoms with Gasteiger partial charge < -0.3 is 9.80 Å². The van der Waals surface area contributed by atoms with Crippen molar-refractivity contribution in [3.05, 3.63) is 0 Å². The zero-order chi connectivity index (χ0) is 10.6. The molecule has 1 fully saturated rings. The van der Waals surface area contributed by atoms with Crippen LogP contribution in [0.3, 0.4) is 0 Å². The molecule has 0 heterocycles. The van der Waals surface area contributed by atoms with Crippen LogP contribution in [0, 0.1) is 16.7 Å². The smallest absolute Gasteiger partial charge is 0.0628 e. The summed E-state index contributed by atoms with van der Waals surface area (Å²) < 4.78 is 0. The van der Waals surface area contributed by atoms with E-state index in [0.717, 1.165) is 26.1 Å². The summed E-state index contributed by atoms with van der Waals surface area (Å²) in [7, 11) is 6.34. The van der Waals surface area contributed by atoms with Gasteiger partial charge in [-0.15, -0.1) is 0 Å². The quantitative estimate of drug-likeness (QED) is 0.637. The standard InChI is InChI=1S/C11H21N3/c1-13(2)8-9-14(3)10-11(4-5-11)6-7-12/h4-6,8-10H2,1-3H3. The number of nitrogens with zero attached hydrogens (tertiary/aromatic N) is 3. The highest BCUT2D eigenvalue weighted by Crippen LogP contribution is 2.48. The Bertz CT molecular complexity index is 213. The van der Waals surface area contributed by atoms with Gasteiger partial charge in [0.25, 0.3) is 0 Å². The molecule has 0 aromatic carbocycles. The van der Waals surface area contributed by atoms with E-state index in [1.54, 1.807) is 0 Å². The maximum atomic E-state index is 8.70. The Morgan fingerprint density at radius 1 is 1.21 bits per heavy atom. The average molecular weight is 195 g/mol. The fraction of sp³-hybridized carbons (Fsp3) is 0.909. The first-order valence-corrected chi connectivity index (χ1v) is 5.28. The van der Waals surface area contributed by atoms with Crippen molar-refractivity contribution >= 4 is 0 Å². The van der Waals surface area contributed by atoms with E-state index in [0.29, 0.717) is 5.41 Å². The molecule has 14 heavy (non-hydrogen) atoms. The minimum absolute atomic E-state index is 0.357. The van der Waals surface area contributed by atoms with Gasteiger partial charge in [-0.1, -0.05) is 0 Å². The predicted octanol–water partition coefficient (Wildman–Crippen LogP) is 1.17. The van der Waals surface area contributed by atoms with Crippen molar-refractivity contribution in [2.45, 2.75) is 19.3 Å². The van der Waals surface area contributed by atoms with Crippen LogP contribution in [0.15, 0.2) is 0 Å². The Kier molecular flexibility index (Phi) is 3.91. The zero-order valence-electron chi connectivity index (χ0n) is 9.58. The van der Waals surface area contributed by atoms with Crippen LogP contribution in [0.1, 0.15) is 19.3 Å². The Balaban J connectivity index is 2.20. The summed E-state index contributed by atoms with van der Waals surface area (Å²) in [5.74, 6) is 0. The normalized spacial score (nSPS) is 18.6. The first-order valence-electron chi connectivity index (χ1n) is 5.28. The second-order valence-electron chi connectivity index (χ2n) is 4.88. The molecule has 0 unspecified atom stereocenters. The van der Waals surface area contributed by atoms with Gasteiger partial charge in [-0.3, -0.25) is 0 Å².